The summed E-state index contributed by atoms with van der Waals surface area (Å²) in [7, 11) is -3.48. The molecular weight excluding hydrogens is 352 g/mol. The summed E-state index contributed by atoms with van der Waals surface area (Å²) >= 11 is 1.59. The standard InChI is InChI=1S/C19H24N2O2S2/c1-24-18-9-11-19(12-10-18)25(22,23)20-15-16-5-7-17(8-6-16)21-13-3-2-4-14-21/h5-12,20H,2-4,13-15H2,1H3. The summed E-state index contributed by atoms with van der Waals surface area (Å²) in [5, 5.41) is 0. The van der Waals surface area contributed by atoms with Crippen LogP contribution in [0.25, 0.3) is 0 Å². The van der Waals surface area contributed by atoms with E-state index in [2.05, 4.69) is 21.8 Å². The smallest absolute Gasteiger partial charge is 0.240 e. The number of benzene rings is 2. The van der Waals surface area contributed by atoms with Crippen molar-refractivity contribution in [2.24, 2.45) is 0 Å². The van der Waals surface area contributed by atoms with Crippen LogP contribution in [-0.4, -0.2) is 27.8 Å². The summed E-state index contributed by atoms with van der Waals surface area (Å²) in [6.45, 7) is 2.52. The van der Waals surface area contributed by atoms with Gasteiger partial charge in [0.1, 0.15) is 0 Å². The van der Waals surface area contributed by atoms with E-state index in [1.54, 1.807) is 23.9 Å². The number of sulfonamides is 1. The second-order valence-electron chi connectivity index (χ2n) is 6.21. The molecule has 0 aliphatic carbocycles. The summed E-state index contributed by atoms with van der Waals surface area (Å²) in [4.78, 5) is 3.74. The molecule has 0 radical (unpaired) electrons. The Labute approximate surface area is 154 Å². The van der Waals surface area contributed by atoms with Gasteiger partial charge in [0.15, 0.2) is 0 Å². The largest absolute Gasteiger partial charge is 0.372 e. The molecule has 1 fully saturated rings. The van der Waals surface area contributed by atoms with Crippen LogP contribution >= 0.6 is 11.8 Å². The van der Waals surface area contributed by atoms with Crippen LogP contribution in [0.1, 0.15) is 24.8 Å². The van der Waals surface area contributed by atoms with Crippen molar-refractivity contribution in [2.45, 2.75) is 35.6 Å². The first-order chi connectivity index (χ1) is 12.1. The van der Waals surface area contributed by atoms with Gasteiger partial charge in [-0.05, 0) is 67.5 Å². The lowest BCUT2D eigenvalue weighted by Gasteiger charge is -2.28. The highest BCUT2D eigenvalue weighted by Gasteiger charge is 2.14. The van der Waals surface area contributed by atoms with E-state index < -0.39 is 10.0 Å². The van der Waals surface area contributed by atoms with Crippen molar-refractivity contribution >= 4 is 27.5 Å². The predicted molar refractivity (Wildman–Crippen MR) is 105 cm³/mol. The van der Waals surface area contributed by atoms with Crippen molar-refractivity contribution in [2.75, 3.05) is 24.2 Å². The van der Waals surface area contributed by atoms with E-state index in [0.717, 1.165) is 23.5 Å². The molecule has 0 aromatic heterocycles. The Morgan fingerprint density at radius 1 is 0.960 bits per heavy atom. The van der Waals surface area contributed by atoms with Gasteiger partial charge in [-0.2, -0.15) is 0 Å². The van der Waals surface area contributed by atoms with Gasteiger partial charge in [-0.1, -0.05) is 12.1 Å². The Hall–Kier alpha value is -1.50. The van der Waals surface area contributed by atoms with Crippen molar-refractivity contribution in [3.63, 3.8) is 0 Å². The summed E-state index contributed by atoms with van der Waals surface area (Å²) in [5.74, 6) is 0. The first-order valence-corrected chi connectivity index (χ1v) is 11.3. The molecule has 0 atom stereocenters. The van der Waals surface area contributed by atoms with Gasteiger partial charge in [-0.25, -0.2) is 13.1 Å². The molecule has 1 saturated heterocycles. The lowest BCUT2D eigenvalue weighted by atomic mass is 10.1. The molecule has 6 heteroatoms. The van der Waals surface area contributed by atoms with Crippen LogP contribution in [0.4, 0.5) is 5.69 Å². The van der Waals surface area contributed by atoms with Crippen molar-refractivity contribution in [3.05, 3.63) is 54.1 Å². The Bertz CT molecular complexity index is 781. The van der Waals surface area contributed by atoms with Gasteiger partial charge < -0.3 is 4.90 Å². The van der Waals surface area contributed by atoms with Crippen LogP contribution in [-0.2, 0) is 16.6 Å². The summed E-state index contributed by atoms with van der Waals surface area (Å²) in [6, 6.07) is 15.1. The first-order valence-electron chi connectivity index (χ1n) is 8.56. The monoisotopic (exact) mass is 376 g/mol. The number of anilines is 1. The number of hydrogen-bond donors (Lipinski definition) is 1. The summed E-state index contributed by atoms with van der Waals surface area (Å²) in [5.41, 5.74) is 2.18. The Morgan fingerprint density at radius 3 is 2.20 bits per heavy atom. The van der Waals surface area contributed by atoms with E-state index in [1.807, 2.05) is 30.5 Å². The number of nitrogens with one attached hydrogen (secondary N) is 1. The van der Waals surface area contributed by atoms with Crippen molar-refractivity contribution < 1.29 is 8.42 Å². The predicted octanol–water partition coefficient (Wildman–Crippen LogP) is 3.88. The van der Waals surface area contributed by atoms with Crippen molar-refractivity contribution in [1.82, 2.24) is 4.72 Å². The van der Waals surface area contributed by atoms with Crippen LogP contribution in [0, 0.1) is 0 Å². The van der Waals surface area contributed by atoms with Gasteiger partial charge in [0.2, 0.25) is 10.0 Å². The normalized spacial score (nSPS) is 15.3. The maximum atomic E-state index is 12.4. The highest BCUT2D eigenvalue weighted by atomic mass is 32.2. The van der Waals surface area contributed by atoms with Crippen LogP contribution < -0.4 is 9.62 Å². The van der Waals surface area contributed by atoms with Crippen LogP contribution in [0.5, 0.6) is 0 Å². The second kappa shape index (κ2) is 8.25. The maximum absolute atomic E-state index is 12.4. The van der Waals surface area contributed by atoms with Crippen molar-refractivity contribution in [1.29, 1.82) is 0 Å². The number of piperidine rings is 1. The average molecular weight is 377 g/mol. The van der Waals surface area contributed by atoms with E-state index in [-0.39, 0.29) is 0 Å². The quantitative estimate of drug-likeness (QED) is 0.778. The molecule has 2 aromatic rings. The van der Waals surface area contributed by atoms with Crippen LogP contribution in [0.15, 0.2) is 58.3 Å². The molecule has 1 N–H and O–H groups in total. The Morgan fingerprint density at radius 2 is 1.60 bits per heavy atom. The minimum absolute atomic E-state index is 0.299. The van der Waals surface area contributed by atoms with Crippen molar-refractivity contribution in [3.8, 4) is 0 Å². The topological polar surface area (TPSA) is 49.4 Å². The molecular formula is C19H24N2O2S2. The summed E-state index contributed by atoms with van der Waals surface area (Å²) in [6.07, 6.45) is 5.78. The average Bonchev–Trinajstić information content (AvgIpc) is 2.67. The first kappa shape index (κ1) is 18.3. The number of thioether (sulfide) groups is 1. The minimum Gasteiger partial charge on any atom is -0.372 e. The number of hydrogen-bond acceptors (Lipinski definition) is 4. The van der Waals surface area contributed by atoms with Crippen LogP contribution in [0.2, 0.25) is 0 Å². The molecule has 3 rings (SSSR count). The SMILES string of the molecule is CSc1ccc(S(=O)(=O)NCc2ccc(N3CCCCC3)cc2)cc1. The Balaban J connectivity index is 1.61. The molecule has 0 amide bonds. The highest BCUT2D eigenvalue weighted by Crippen LogP contribution is 2.21. The summed E-state index contributed by atoms with van der Waals surface area (Å²) < 4.78 is 27.5. The molecule has 4 nitrogen and oxygen atoms in total. The third-order valence-corrected chi connectivity index (χ3v) is 6.65. The zero-order valence-electron chi connectivity index (χ0n) is 14.4. The van der Waals surface area contributed by atoms with Gasteiger partial charge >= 0.3 is 0 Å². The second-order valence-corrected chi connectivity index (χ2v) is 8.86. The van der Waals surface area contributed by atoms with Gasteiger partial charge in [0.25, 0.3) is 0 Å². The molecule has 0 bridgehead atoms. The fourth-order valence-electron chi connectivity index (χ4n) is 2.99. The molecule has 0 spiro atoms. The molecule has 134 valence electrons. The zero-order chi connectivity index (χ0) is 17.7. The van der Waals surface area contributed by atoms with E-state index in [4.69, 9.17) is 0 Å². The van der Waals surface area contributed by atoms with E-state index in [1.165, 1.54) is 24.9 Å². The number of nitrogens with zero attached hydrogens (tertiary/aromatic N) is 1. The van der Waals surface area contributed by atoms with Gasteiger partial charge in [0, 0.05) is 30.2 Å². The number of rotatable bonds is 6. The Kier molecular flexibility index (Phi) is 6.04. The minimum atomic E-state index is -3.48. The van der Waals surface area contributed by atoms with Gasteiger partial charge in [-0.15, -0.1) is 11.8 Å². The maximum Gasteiger partial charge on any atom is 0.240 e. The lowest BCUT2D eigenvalue weighted by Crippen LogP contribution is -2.29. The molecule has 0 unspecified atom stereocenters. The fourth-order valence-corrected chi connectivity index (χ4v) is 4.42. The molecule has 1 heterocycles. The third kappa shape index (κ3) is 4.77. The fraction of sp³-hybridized carbons (Fsp3) is 0.368. The van der Waals surface area contributed by atoms with Gasteiger partial charge in [0.05, 0.1) is 4.90 Å². The highest BCUT2D eigenvalue weighted by molar-refractivity contribution is 7.98. The third-order valence-electron chi connectivity index (χ3n) is 4.49. The lowest BCUT2D eigenvalue weighted by molar-refractivity contribution is 0.577. The molecule has 1 aliphatic rings. The van der Waals surface area contributed by atoms with E-state index in [0.29, 0.717) is 11.4 Å². The molecule has 2 aromatic carbocycles. The van der Waals surface area contributed by atoms with Crippen LogP contribution in [0.3, 0.4) is 0 Å². The molecule has 0 saturated carbocycles. The van der Waals surface area contributed by atoms with E-state index in [9.17, 15) is 8.42 Å². The molecule has 1 aliphatic heterocycles. The van der Waals surface area contributed by atoms with E-state index >= 15 is 0 Å². The van der Waals surface area contributed by atoms with Gasteiger partial charge in [-0.3, -0.25) is 0 Å². The zero-order valence-corrected chi connectivity index (χ0v) is 16.1. The molecule has 25 heavy (non-hydrogen) atoms.